The number of fused-ring (bicyclic) bond motifs is 10. The van der Waals surface area contributed by atoms with Gasteiger partial charge in [0.15, 0.2) is 0 Å². The fraction of sp³-hybridized carbons (Fsp3) is 0.107. The van der Waals surface area contributed by atoms with Gasteiger partial charge in [0.1, 0.15) is 0 Å². The summed E-state index contributed by atoms with van der Waals surface area (Å²) in [4.78, 5) is 0. The maximum absolute atomic E-state index is 2.62. The zero-order valence-electron chi connectivity index (χ0n) is 32.3. The SMILES string of the molecule is Cc1ccc(C2(c3ccc(C)cc3)c3cc4c(cc3-c3c2ccc2ccccc32)C(c2ccc(C)cc2)(c2ccc(C)cc2)c2ccc3ccccc3c2-4)cc1. The van der Waals surface area contributed by atoms with Crippen molar-refractivity contribution < 1.29 is 0 Å². The van der Waals surface area contributed by atoms with E-state index in [2.05, 4.69) is 210 Å². The van der Waals surface area contributed by atoms with Gasteiger partial charge in [0.2, 0.25) is 0 Å². The van der Waals surface area contributed by atoms with Crippen molar-refractivity contribution in [3.8, 4) is 22.3 Å². The largest absolute Gasteiger partial charge is 0.0714 e. The van der Waals surface area contributed by atoms with Crippen molar-refractivity contribution in [2.24, 2.45) is 0 Å². The molecular formula is C56H42. The molecule has 0 saturated heterocycles. The fourth-order valence-electron chi connectivity index (χ4n) is 10.5. The monoisotopic (exact) mass is 714 g/mol. The van der Waals surface area contributed by atoms with Crippen LogP contribution in [0.3, 0.4) is 0 Å². The highest BCUT2D eigenvalue weighted by molar-refractivity contribution is 6.08. The van der Waals surface area contributed by atoms with Gasteiger partial charge in [-0.15, -0.1) is 0 Å². The molecule has 0 amide bonds. The highest BCUT2D eigenvalue weighted by Gasteiger charge is 2.52. The quantitative estimate of drug-likeness (QED) is 0.170. The Morgan fingerprint density at radius 3 is 0.911 bits per heavy atom. The lowest BCUT2D eigenvalue weighted by Crippen LogP contribution is -2.30. The van der Waals surface area contributed by atoms with E-state index >= 15 is 0 Å². The van der Waals surface area contributed by atoms with Crippen LogP contribution < -0.4 is 0 Å². The lowest BCUT2D eigenvalue weighted by molar-refractivity contribution is 0.758. The van der Waals surface area contributed by atoms with E-state index in [1.54, 1.807) is 0 Å². The van der Waals surface area contributed by atoms with Gasteiger partial charge in [0.05, 0.1) is 10.8 Å². The van der Waals surface area contributed by atoms with Gasteiger partial charge in [-0.25, -0.2) is 0 Å². The van der Waals surface area contributed by atoms with E-state index in [0.717, 1.165) is 0 Å². The predicted molar refractivity (Wildman–Crippen MR) is 235 cm³/mol. The third-order valence-electron chi connectivity index (χ3n) is 13.1. The van der Waals surface area contributed by atoms with E-state index in [1.165, 1.54) is 111 Å². The molecule has 0 heterocycles. The maximum Gasteiger partial charge on any atom is 0.0714 e. The Morgan fingerprint density at radius 1 is 0.286 bits per heavy atom. The Hall–Kier alpha value is -6.50. The van der Waals surface area contributed by atoms with Crippen LogP contribution in [0, 0.1) is 27.7 Å². The van der Waals surface area contributed by atoms with E-state index in [0.29, 0.717) is 0 Å². The fourth-order valence-corrected chi connectivity index (χ4v) is 10.5. The molecule has 9 aromatic carbocycles. The van der Waals surface area contributed by atoms with Crippen LogP contribution in [0.4, 0.5) is 0 Å². The average molecular weight is 715 g/mol. The molecule has 0 saturated carbocycles. The number of aryl methyl sites for hydroxylation is 4. The first-order valence-electron chi connectivity index (χ1n) is 19.9. The Labute approximate surface area is 329 Å². The molecule has 0 radical (unpaired) electrons. The minimum atomic E-state index is -0.533. The summed E-state index contributed by atoms with van der Waals surface area (Å²) < 4.78 is 0. The molecule has 266 valence electrons. The normalized spacial score (nSPS) is 14.4. The molecule has 0 bridgehead atoms. The summed E-state index contributed by atoms with van der Waals surface area (Å²) in [6.07, 6.45) is 0. The molecule has 0 heteroatoms. The van der Waals surface area contributed by atoms with E-state index in [4.69, 9.17) is 0 Å². The minimum Gasteiger partial charge on any atom is -0.0616 e. The van der Waals surface area contributed by atoms with Gasteiger partial charge in [0.25, 0.3) is 0 Å². The molecule has 0 fully saturated rings. The second kappa shape index (κ2) is 12.0. The van der Waals surface area contributed by atoms with Crippen molar-refractivity contribution in [1.29, 1.82) is 0 Å². The molecule has 0 unspecified atom stereocenters. The Bertz CT molecular complexity index is 2710. The van der Waals surface area contributed by atoms with Crippen LogP contribution in [-0.2, 0) is 10.8 Å². The number of hydrogen-bond donors (Lipinski definition) is 0. The van der Waals surface area contributed by atoms with Gasteiger partial charge in [-0.1, -0.05) is 192 Å². The zero-order chi connectivity index (χ0) is 37.8. The third-order valence-corrected chi connectivity index (χ3v) is 13.1. The van der Waals surface area contributed by atoms with E-state index in [9.17, 15) is 0 Å². The Morgan fingerprint density at radius 2 is 0.589 bits per heavy atom. The maximum atomic E-state index is 2.62. The minimum absolute atomic E-state index is 0.533. The molecule has 2 aliphatic rings. The highest BCUT2D eigenvalue weighted by atomic mass is 14.5. The first-order chi connectivity index (χ1) is 27.4. The van der Waals surface area contributed by atoms with Crippen LogP contribution in [0.2, 0.25) is 0 Å². The molecule has 0 aromatic heterocycles. The molecule has 0 N–H and O–H groups in total. The summed E-state index contributed by atoms with van der Waals surface area (Å²) in [6, 6.07) is 70.1. The summed E-state index contributed by atoms with van der Waals surface area (Å²) in [5, 5.41) is 5.12. The van der Waals surface area contributed by atoms with E-state index in [1.807, 2.05) is 0 Å². The Balaban J connectivity index is 1.37. The number of benzene rings is 9. The first kappa shape index (κ1) is 32.9. The van der Waals surface area contributed by atoms with Crippen LogP contribution in [0.25, 0.3) is 43.8 Å². The van der Waals surface area contributed by atoms with Crippen LogP contribution in [0.5, 0.6) is 0 Å². The van der Waals surface area contributed by atoms with E-state index in [-0.39, 0.29) is 0 Å². The second-order valence-corrected chi connectivity index (χ2v) is 16.3. The van der Waals surface area contributed by atoms with Crippen LogP contribution >= 0.6 is 0 Å². The summed E-state index contributed by atoms with van der Waals surface area (Å²) in [6.45, 7) is 8.77. The van der Waals surface area contributed by atoms with Gasteiger partial charge in [0, 0.05) is 0 Å². The Kier molecular flexibility index (Phi) is 7.05. The van der Waals surface area contributed by atoms with Gasteiger partial charge in [-0.3, -0.25) is 0 Å². The molecule has 56 heavy (non-hydrogen) atoms. The van der Waals surface area contributed by atoms with Crippen molar-refractivity contribution in [3.63, 3.8) is 0 Å². The van der Waals surface area contributed by atoms with Crippen LogP contribution in [0.15, 0.2) is 182 Å². The van der Waals surface area contributed by atoms with Crippen molar-refractivity contribution in [2.45, 2.75) is 38.5 Å². The summed E-state index contributed by atoms with van der Waals surface area (Å²) in [7, 11) is 0. The smallest absolute Gasteiger partial charge is 0.0616 e. The topological polar surface area (TPSA) is 0 Å². The molecule has 11 rings (SSSR count). The molecule has 0 aliphatic heterocycles. The summed E-state index contributed by atoms with van der Waals surface area (Å²) in [5.41, 5.74) is 19.9. The first-order valence-corrected chi connectivity index (χ1v) is 19.9. The summed E-state index contributed by atoms with van der Waals surface area (Å²) >= 11 is 0. The van der Waals surface area contributed by atoms with Crippen molar-refractivity contribution in [1.82, 2.24) is 0 Å². The molecule has 0 nitrogen and oxygen atoms in total. The zero-order valence-corrected chi connectivity index (χ0v) is 32.3. The van der Waals surface area contributed by atoms with Crippen molar-refractivity contribution in [3.05, 3.63) is 249 Å². The molecular weight excluding hydrogens is 673 g/mol. The lowest BCUT2D eigenvalue weighted by Gasteiger charge is -2.36. The standard InChI is InChI=1S/C56H42/c1-35-13-23-41(24-14-35)55(42-25-15-36(2)16-26-42)49-31-21-39-9-5-7-11-45(39)53(49)47-34-52-48(33-51(47)55)54-46-12-8-6-10-40(46)22-32-50(54)56(52,43-27-17-37(3)18-28-43)44-29-19-38(4)20-30-44/h5-34H,1-4H3. The van der Waals surface area contributed by atoms with E-state index < -0.39 is 10.8 Å². The molecule has 2 aliphatic carbocycles. The molecule has 0 spiro atoms. The second-order valence-electron chi connectivity index (χ2n) is 16.3. The average Bonchev–Trinajstić information content (AvgIpc) is 3.69. The predicted octanol–water partition coefficient (Wildman–Crippen LogP) is 14.0. The number of rotatable bonds is 4. The molecule has 0 atom stereocenters. The van der Waals surface area contributed by atoms with Gasteiger partial charge >= 0.3 is 0 Å². The van der Waals surface area contributed by atoms with Gasteiger partial charge < -0.3 is 0 Å². The highest BCUT2D eigenvalue weighted by Crippen LogP contribution is 2.64. The van der Waals surface area contributed by atoms with Gasteiger partial charge in [-0.05, 0) is 128 Å². The summed E-state index contributed by atoms with van der Waals surface area (Å²) in [5.74, 6) is 0. The van der Waals surface area contributed by atoms with Gasteiger partial charge in [-0.2, -0.15) is 0 Å². The van der Waals surface area contributed by atoms with Crippen molar-refractivity contribution in [2.75, 3.05) is 0 Å². The lowest BCUT2D eigenvalue weighted by atomic mass is 9.65. The number of hydrogen-bond acceptors (Lipinski definition) is 0. The van der Waals surface area contributed by atoms with Crippen molar-refractivity contribution >= 4 is 21.5 Å². The van der Waals surface area contributed by atoms with Crippen LogP contribution in [-0.4, -0.2) is 0 Å². The van der Waals surface area contributed by atoms with Crippen LogP contribution in [0.1, 0.15) is 66.8 Å². The third kappa shape index (κ3) is 4.36. The molecule has 9 aromatic rings.